The zero-order chi connectivity index (χ0) is 26.5. The molecule has 2 N–H and O–H groups in total. The number of hydrogen-bond donors (Lipinski definition) is 2. The van der Waals surface area contributed by atoms with Crippen molar-refractivity contribution in [1.29, 1.82) is 0 Å². The summed E-state index contributed by atoms with van der Waals surface area (Å²) in [6.07, 6.45) is 3.06. The fourth-order valence-electron chi connectivity index (χ4n) is 3.97. The SMILES string of the molecule is CC(C)NS(=O)(=O)c1ccc(Nc2cc(N(C)CC3CCN(C(=O)OC(C)(C)C)CC3)ncn2)cc1. The van der Waals surface area contributed by atoms with E-state index in [0.717, 1.165) is 30.9 Å². The number of likely N-dealkylation sites (tertiary alicyclic amines) is 1. The van der Waals surface area contributed by atoms with Gasteiger partial charge in [0.1, 0.15) is 23.6 Å². The molecule has 198 valence electrons. The Morgan fingerprint density at radius 3 is 2.39 bits per heavy atom. The number of anilines is 3. The van der Waals surface area contributed by atoms with Gasteiger partial charge < -0.3 is 19.9 Å². The minimum Gasteiger partial charge on any atom is -0.444 e. The van der Waals surface area contributed by atoms with Crippen molar-refractivity contribution in [3.05, 3.63) is 36.7 Å². The van der Waals surface area contributed by atoms with Crippen LogP contribution in [0.5, 0.6) is 0 Å². The van der Waals surface area contributed by atoms with Crippen LogP contribution < -0.4 is 14.9 Å². The first-order valence-electron chi connectivity index (χ1n) is 12.2. The second kappa shape index (κ2) is 11.4. The molecule has 1 saturated heterocycles. The average molecular weight is 519 g/mol. The number of piperidine rings is 1. The minimum absolute atomic E-state index is 0.179. The van der Waals surface area contributed by atoms with Gasteiger partial charge in [0.15, 0.2) is 0 Å². The lowest BCUT2D eigenvalue weighted by atomic mass is 9.96. The highest BCUT2D eigenvalue weighted by molar-refractivity contribution is 7.89. The fourth-order valence-corrected chi connectivity index (χ4v) is 5.22. The number of aromatic nitrogens is 2. The number of rotatable bonds is 8. The van der Waals surface area contributed by atoms with E-state index in [9.17, 15) is 13.2 Å². The molecule has 0 unspecified atom stereocenters. The van der Waals surface area contributed by atoms with E-state index in [4.69, 9.17) is 4.74 Å². The van der Waals surface area contributed by atoms with Crippen LogP contribution in [0.3, 0.4) is 0 Å². The molecule has 1 fully saturated rings. The monoisotopic (exact) mass is 518 g/mol. The summed E-state index contributed by atoms with van der Waals surface area (Å²) in [6.45, 7) is 11.4. The molecule has 2 heterocycles. The summed E-state index contributed by atoms with van der Waals surface area (Å²) in [5.74, 6) is 1.83. The second-order valence-electron chi connectivity index (χ2n) is 10.5. The lowest BCUT2D eigenvalue weighted by Gasteiger charge is -2.35. The van der Waals surface area contributed by atoms with E-state index in [1.165, 1.54) is 6.33 Å². The predicted molar refractivity (Wildman–Crippen MR) is 141 cm³/mol. The van der Waals surface area contributed by atoms with Crippen LogP contribution in [-0.2, 0) is 14.8 Å². The van der Waals surface area contributed by atoms with Crippen molar-refractivity contribution in [1.82, 2.24) is 19.6 Å². The number of sulfonamides is 1. The van der Waals surface area contributed by atoms with Gasteiger partial charge in [-0.2, -0.15) is 0 Å². The maximum absolute atomic E-state index is 12.3. The molecule has 10 nitrogen and oxygen atoms in total. The van der Waals surface area contributed by atoms with Crippen LogP contribution in [0.1, 0.15) is 47.5 Å². The molecule has 2 aromatic rings. The van der Waals surface area contributed by atoms with Gasteiger partial charge in [0.2, 0.25) is 10.0 Å². The maximum Gasteiger partial charge on any atom is 0.410 e. The van der Waals surface area contributed by atoms with Crippen LogP contribution in [0.25, 0.3) is 0 Å². The number of amides is 1. The summed E-state index contributed by atoms with van der Waals surface area (Å²) in [4.78, 5) is 25.1. The van der Waals surface area contributed by atoms with E-state index in [0.29, 0.717) is 24.8 Å². The van der Waals surface area contributed by atoms with Gasteiger partial charge in [-0.15, -0.1) is 0 Å². The highest BCUT2D eigenvalue weighted by Gasteiger charge is 2.27. The lowest BCUT2D eigenvalue weighted by molar-refractivity contribution is 0.0186. The molecule has 1 aliphatic rings. The Hall–Kier alpha value is -2.92. The molecule has 36 heavy (non-hydrogen) atoms. The van der Waals surface area contributed by atoms with Crippen LogP contribution in [0.2, 0.25) is 0 Å². The Kier molecular flexibility index (Phi) is 8.78. The van der Waals surface area contributed by atoms with Crippen LogP contribution in [0, 0.1) is 5.92 Å². The van der Waals surface area contributed by atoms with Gasteiger partial charge >= 0.3 is 6.09 Å². The number of ether oxygens (including phenoxy) is 1. The summed E-state index contributed by atoms with van der Waals surface area (Å²) >= 11 is 0. The summed E-state index contributed by atoms with van der Waals surface area (Å²) in [7, 11) is -1.54. The van der Waals surface area contributed by atoms with Gasteiger partial charge in [-0.25, -0.2) is 27.9 Å². The fraction of sp³-hybridized carbons (Fsp3) is 0.560. The summed E-state index contributed by atoms with van der Waals surface area (Å²) in [6, 6.07) is 8.22. The van der Waals surface area contributed by atoms with E-state index in [1.54, 1.807) is 43.0 Å². The summed E-state index contributed by atoms with van der Waals surface area (Å²) in [5.41, 5.74) is 0.234. The third-order valence-corrected chi connectivity index (χ3v) is 7.34. The van der Waals surface area contributed by atoms with E-state index < -0.39 is 15.6 Å². The number of benzene rings is 1. The molecule has 0 saturated carbocycles. The van der Waals surface area contributed by atoms with Crippen molar-refractivity contribution in [2.24, 2.45) is 5.92 Å². The standard InChI is InChI=1S/C25H38N6O4S/c1-18(2)29-36(33,34)21-9-7-20(8-10-21)28-22-15-23(27-17-26-22)30(6)16-19-11-13-31(14-12-19)24(32)35-25(3,4)5/h7-10,15,17-19,29H,11-14,16H2,1-6H3,(H,26,27,28). The number of hydrogen-bond acceptors (Lipinski definition) is 8. The van der Waals surface area contributed by atoms with Gasteiger partial charge in [0.05, 0.1) is 4.90 Å². The molecule has 0 atom stereocenters. The molecule has 11 heteroatoms. The minimum atomic E-state index is -3.54. The first-order chi connectivity index (χ1) is 16.8. The van der Waals surface area contributed by atoms with Crippen LogP contribution in [0.4, 0.5) is 22.1 Å². The molecular weight excluding hydrogens is 480 g/mol. The maximum atomic E-state index is 12.3. The third-order valence-electron chi connectivity index (χ3n) is 5.67. The van der Waals surface area contributed by atoms with Crippen LogP contribution >= 0.6 is 0 Å². The molecule has 1 amide bonds. The molecule has 0 aliphatic carbocycles. The smallest absolute Gasteiger partial charge is 0.410 e. The first kappa shape index (κ1) is 27.7. The quantitative estimate of drug-likeness (QED) is 0.539. The second-order valence-corrected chi connectivity index (χ2v) is 12.2. The number of nitrogens with one attached hydrogen (secondary N) is 2. The largest absolute Gasteiger partial charge is 0.444 e. The third kappa shape index (κ3) is 8.06. The zero-order valence-electron chi connectivity index (χ0n) is 22.0. The van der Waals surface area contributed by atoms with Crippen LogP contribution in [-0.4, -0.2) is 67.7 Å². The van der Waals surface area contributed by atoms with Crippen molar-refractivity contribution in [3.63, 3.8) is 0 Å². The van der Waals surface area contributed by atoms with E-state index in [-0.39, 0.29) is 17.0 Å². The van der Waals surface area contributed by atoms with Crippen molar-refractivity contribution in [3.8, 4) is 0 Å². The van der Waals surface area contributed by atoms with Gasteiger partial charge in [0, 0.05) is 44.5 Å². The number of carbonyl (C=O) groups is 1. The Balaban J connectivity index is 1.55. The lowest BCUT2D eigenvalue weighted by Crippen LogP contribution is -2.43. The van der Waals surface area contributed by atoms with Crippen molar-refractivity contribution < 1.29 is 17.9 Å². The van der Waals surface area contributed by atoms with Gasteiger partial charge in [-0.3, -0.25) is 0 Å². The van der Waals surface area contributed by atoms with Crippen LogP contribution in [0.15, 0.2) is 41.6 Å². The molecule has 1 aromatic heterocycles. The van der Waals surface area contributed by atoms with Gasteiger partial charge in [0.25, 0.3) is 0 Å². The van der Waals surface area contributed by atoms with Crippen molar-refractivity contribution in [2.45, 2.75) is 64.0 Å². The molecule has 0 spiro atoms. The topological polar surface area (TPSA) is 117 Å². The molecule has 0 bridgehead atoms. The Bertz CT molecular complexity index is 1120. The summed E-state index contributed by atoms with van der Waals surface area (Å²) in [5, 5.41) is 3.21. The van der Waals surface area contributed by atoms with E-state index >= 15 is 0 Å². The normalized spacial score (nSPS) is 15.1. The van der Waals surface area contributed by atoms with Crippen molar-refractivity contribution in [2.75, 3.05) is 36.9 Å². The highest BCUT2D eigenvalue weighted by atomic mass is 32.2. The highest BCUT2D eigenvalue weighted by Crippen LogP contribution is 2.24. The first-order valence-corrected chi connectivity index (χ1v) is 13.7. The number of carbonyl (C=O) groups excluding carboxylic acids is 1. The molecule has 1 aliphatic heterocycles. The molecule has 3 rings (SSSR count). The average Bonchev–Trinajstić information content (AvgIpc) is 2.78. The van der Waals surface area contributed by atoms with E-state index in [1.807, 2.05) is 33.9 Å². The van der Waals surface area contributed by atoms with E-state index in [2.05, 4.69) is 24.9 Å². The zero-order valence-corrected chi connectivity index (χ0v) is 22.8. The molecule has 1 aromatic carbocycles. The predicted octanol–water partition coefficient (Wildman–Crippen LogP) is 3.99. The Labute approximate surface area is 214 Å². The Morgan fingerprint density at radius 2 is 1.81 bits per heavy atom. The molecule has 0 radical (unpaired) electrons. The summed E-state index contributed by atoms with van der Waals surface area (Å²) < 4.78 is 32.7. The number of nitrogens with zero attached hydrogens (tertiary/aromatic N) is 4. The van der Waals surface area contributed by atoms with Crippen molar-refractivity contribution >= 4 is 33.4 Å². The van der Waals surface area contributed by atoms with Gasteiger partial charge in [-0.05, 0) is 77.6 Å². The van der Waals surface area contributed by atoms with Gasteiger partial charge in [-0.1, -0.05) is 0 Å². The molecular formula is C25H38N6O4S. The Morgan fingerprint density at radius 1 is 1.17 bits per heavy atom.